The summed E-state index contributed by atoms with van der Waals surface area (Å²) >= 11 is 0. The van der Waals surface area contributed by atoms with Crippen LogP contribution in [0.15, 0.2) is 47.0 Å². The van der Waals surface area contributed by atoms with E-state index in [-0.39, 0.29) is 24.3 Å². The molecule has 0 saturated carbocycles. The summed E-state index contributed by atoms with van der Waals surface area (Å²) in [6.45, 7) is 2.51. The van der Waals surface area contributed by atoms with Crippen LogP contribution in [0.1, 0.15) is 29.6 Å². The number of hydrogen-bond acceptors (Lipinski definition) is 7. The van der Waals surface area contributed by atoms with Crippen LogP contribution < -0.4 is 20.5 Å². The van der Waals surface area contributed by atoms with Gasteiger partial charge in [-0.3, -0.25) is 9.59 Å². The Bertz CT molecular complexity index is 1030. The van der Waals surface area contributed by atoms with E-state index in [4.69, 9.17) is 19.7 Å². The third kappa shape index (κ3) is 5.13. The first-order valence-corrected chi connectivity index (χ1v) is 9.33. The second-order valence-electron chi connectivity index (χ2n) is 6.30. The maximum Gasteiger partial charge on any atom is 0.248 e. The third-order valence-corrected chi connectivity index (χ3v) is 4.22. The van der Waals surface area contributed by atoms with Crippen molar-refractivity contribution in [1.29, 1.82) is 0 Å². The van der Waals surface area contributed by atoms with Gasteiger partial charge < -0.3 is 25.0 Å². The van der Waals surface area contributed by atoms with Crippen molar-refractivity contribution in [2.75, 3.05) is 19.0 Å². The lowest BCUT2D eigenvalue weighted by molar-refractivity contribution is -0.116. The smallest absolute Gasteiger partial charge is 0.248 e. The van der Waals surface area contributed by atoms with Gasteiger partial charge >= 0.3 is 0 Å². The first kappa shape index (κ1) is 20.8. The van der Waals surface area contributed by atoms with Crippen molar-refractivity contribution in [2.24, 2.45) is 5.73 Å². The molecule has 0 radical (unpaired) electrons. The molecule has 1 aromatic heterocycles. The molecule has 0 bridgehead atoms. The van der Waals surface area contributed by atoms with Crippen molar-refractivity contribution in [3.05, 3.63) is 53.9 Å². The number of amides is 2. The molecule has 0 spiro atoms. The average Bonchev–Trinajstić information content (AvgIpc) is 3.22. The van der Waals surface area contributed by atoms with Crippen molar-refractivity contribution < 1.29 is 23.6 Å². The number of aryl methyl sites for hydroxylation is 1. The van der Waals surface area contributed by atoms with Crippen LogP contribution in [-0.4, -0.2) is 35.7 Å². The van der Waals surface area contributed by atoms with E-state index in [1.807, 2.05) is 31.2 Å². The minimum atomic E-state index is -0.596. The van der Waals surface area contributed by atoms with E-state index in [9.17, 15) is 9.59 Å². The number of rotatable bonds is 9. The average molecular weight is 410 g/mol. The van der Waals surface area contributed by atoms with Crippen LogP contribution in [0.5, 0.6) is 11.5 Å². The Morgan fingerprint density at radius 3 is 2.60 bits per heavy atom. The molecule has 0 unspecified atom stereocenters. The molecule has 0 aliphatic rings. The molecule has 0 aliphatic heterocycles. The minimum Gasteiger partial charge on any atom is -0.495 e. The highest BCUT2D eigenvalue weighted by molar-refractivity contribution is 5.97. The predicted molar refractivity (Wildman–Crippen MR) is 109 cm³/mol. The molecule has 3 N–H and O–H groups in total. The van der Waals surface area contributed by atoms with Gasteiger partial charge in [-0.05, 0) is 49.4 Å². The first-order chi connectivity index (χ1) is 14.5. The number of carbonyl (C=O) groups excluding carboxylic acids is 2. The van der Waals surface area contributed by atoms with Crippen LogP contribution in [0.25, 0.3) is 11.4 Å². The molecule has 2 aromatic carbocycles. The molecule has 3 aromatic rings. The lowest BCUT2D eigenvalue weighted by Gasteiger charge is -2.10. The molecular formula is C21H22N4O5. The Hall–Kier alpha value is -3.88. The van der Waals surface area contributed by atoms with Gasteiger partial charge in [0.15, 0.2) is 0 Å². The van der Waals surface area contributed by atoms with Gasteiger partial charge in [-0.25, -0.2) is 0 Å². The van der Waals surface area contributed by atoms with E-state index < -0.39 is 5.91 Å². The molecule has 0 atom stereocenters. The van der Waals surface area contributed by atoms with Gasteiger partial charge in [-0.2, -0.15) is 4.98 Å². The number of methoxy groups -OCH3 is 1. The first-order valence-electron chi connectivity index (χ1n) is 9.33. The fourth-order valence-electron chi connectivity index (χ4n) is 2.73. The highest BCUT2D eigenvalue weighted by Gasteiger charge is 2.14. The molecule has 3 rings (SSSR count). The quantitative estimate of drug-likeness (QED) is 0.555. The largest absolute Gasteiger partial charge is 0.495 e. The second kappa shape index (κ2) is 9.55. The maximum absolute atomic E-state index is 12.3. The van der Waals surface area contributed by atoms with Gasteiger partial charge in [0, 0.05) is 24.0 Å². The van der Waals surface area contributed by atoms with E-state index in [0.717, 1.165) is 11.3 Å². The number of anilines is 1. The van der Waals surface area contributed by atoms with E-state index >= 15 is 0 Å². The number of nitrogens with zero attached hydrogens (tertiary/aromatic N) is 2. The fraction of sp³-hybridized carbons (Fsp3) is 0.238. The Morgan fingerprint density at radius 2 is 1.93 bits per heavy atom. The van der Waals surface area contributed by atoms with Crippen molar-refractivity contribution in [3.8, 4) is 22.9 Å². The van der Waals surface area contributed by atoms with Gasteiger partial charge in [0.05, 0.1) is 19.4 Å². The summed E-state index contributed by atoms with van der Waals surface area (Å²) < 4.78 is 15.8. The van der Waals surface area contributed by atoms with Crippen LogP contribution in [-0.2, 0) is 11.2 Å². The predicted octanol–water partition coefficient (Wildman–Crippen LogP) is 2.81. The molecule has 0 aliphatic carbocycles. The van der Waals surface area contributed by atoms with Crippen molar-refractivity contribution in [3.63, 3.8) is 0 Å². The van der Waals surface area contributed by atoms with Gasteiger partial charge in [0.1, 0.15) is 11.5 Å². The number of aromatic nitrogens is 2. The van der Waals surface area contributed by atoms with Gasteiger partial charge in [-0.1, -0.05) is 5.16 Å². The number of benzene rings is 2. The molecule has 9 nitrogen and oxygen atoms in total. The number of nitrogens with two attached hydrogens (primary N) is 1. The third-order valence-electron chi connectivity index (χ3n) is 4.22. The summed E-state index contributed by atoms with van der Waals surface area (Å²) in [5.41, 5.74) is 6.70. The number of ether oxygens (including phenoxy) is 2. The zero-order valence-corrected chi connectivity index (χ0v) is 16.7. The van der Waals surface area contributed by atoms with E-state index in [1.165, 1.54) is 19.2 Å². The lowest BCUT2D eigenvalue weighted by Crippen LogP contribution is -2.15. The zero-order chi connectivity index (χ0) is 21.5. The van der Waals surface area contributed by atoms with Gasteiger partial charge in [-0.15, -0.1) is 0 Å². The molecule has 156 valence electrons. The molecule has 30 heavy (non-hydrogen) atoms. The minimum absolute atomic E-state index is 0.106. The Balaban J connectivity index is 1.60. The van der Waals surface area contributed by atoms with Gasteiger partial charge in [0.25, 0.3) is 0 Å². The highest BCUT2D eigenvalue weighted by atomic mass is 16.5. The van der Waals surface area contributed by atoms with E-state index in [1.54, 1.807) is 6.07 Å². The van der Waals surface area contributed by atoms with E-state index in [0.29, 0.717) is 29.8 Å². The summed E-state index contributed by atoms with van der Waals surface area (Å²) in [5.74, 6) is 1.06. The monoisotopic (exact) mass is 410 g/mol. The number of carbonyl (C=O) groups is 2. The SMILES string of the molecule is CCOc1ccc(-c2noc(CCC(=O)Nc3cc(C(N)=O)ccc3OC)n2)cc1. The van der Waals surface area contributed by atoms with Crippen LogP contribution in [0, 0.1) is 0 Å². The number of nitrogens with one attached hydrogen (secondary N) is 1. The Kier molecular flexibility index (Phi) is 6.63. The molecule has 0 saturated heterocycles. The molecule has 9 heteroatoms. The van der Waals surface area contributed by atoms with Crippen molar-refractivity contribution in [1.82, 2.24) is 10.1 Å². The molecule has 0 fully saturated rings. The summed E-state index contributed by atoms with van der Waals surface area (Å²) in [7, 11) is 1.47. The number of hydrogen-bond donors (Lipinski definition) is 2. The lowest BCUT2D eigenvalue weighted by atomic mass is 10.1. The highest BCUT2D eigenvalue weighted by Crippen LogP contribution is 2.26. The summed E-state index contributed by atoms with van der Waals surface area (Å²) in [5, 5.41) is 6.66. The van der Waals surface area contributed by atoms with Crippen LogP contribution in [0.4, 0.5) is 5.69 Å². The topological polar surface area (TPSA) is 130 Å². The van der Waals surface area contributed by atoms with Crippen LogP contribution in [0.2, 0.25) is 0 Å². The molecular weight excluding hydrogens is 388 g/mol. The zero-order valence-electron chi connectivity index (χ0n) is 16.7. The summed E-state index contributed by atoms with van der Waals surface area (Å²) in [4.78, 5) is 28.0. The van der Waals surface area contributed by atoms with E-state index in [2.05, 4.69) is 15.5 Å². The fourth-order valence-corrected chi connectivity index (χ4v) is 2.73. The van der Waals surface area contributed by atoms with Crippen LogP contribution in [0.3, 0.4) is 0 Å². The molecule has 1 heterocycles. The van der Waals surface area contributed by atoms with Crippen molar-refractivity contribution >= 4 is 17.5 Å². The standard InChI is InChI=1S/C21H22N4O5/c1-3-29-15-7-4-13(5-8-15)21-24-19(30-25-21)11-10-18(26)23-16-12-14(20(22)27)6-9-17(16)28-2/h4-9,12H,3,10-11H2,1-2H3,(H2,22,27)(H,23,26). The second-order valence-corrected chi connectivity index (χ2v) is 6.30. The summed E-state index contributed by atoms with van der Waals surface area (Å²) in [6.07, 6.45) is 0.364. The van der Waals surface area contributed by atoms with Crippen LogP contribution >= 0.6 is 0 Å². The van der Waals surface area contributed by atoms with Gasteiger partial charge in [0.2, 0.25) is 23.5 Å². The Labute approximate surface area is 173 Å². The van der Waals surface area contributed by atoms with Crippen molar-refractivity contribution in [2.45, 2.75) is 19.8 Å². The Morgan fingerprint density at radius 1 is 1.17 bits per heavy atom. The molecule has 2 amide bonds. The normalized spacial score (nSPS) is 10.5. The summed E-state index contributed by atoms with van der Waals surface area (Å²) in [6, 6.07) is 11.9. The number of primary amides is 1. The maximum atomic E-state index is 12.3.